The van der Waals surface area contributed by atoms with Crippen LogP contribution in [0, 0.1) is 0 Å². The van der Waals surface area contributed by atoms with Crippen LogP contribution in [0.15, 0.2) is 34.2 Å². The zero-order valence-corrected chi connectivity index (χ0v) is 20.5. The zero-order chi connectivity index (χ0) is 20.1. The van der Waals surface area contributed by atoms with Crippen LogP contribution in [0.2, 0.25) is 5.02 Å². The molecule has 0 heterocycles. The number of methoxy groups -OCH3 is 1. The second-order valence-corrected chi connectivity index (χ2v) is 8.13. The van der Waals surface area contributed by atoms with E-state index in [1.165, 1.54) is 12.1 Å². The monoisotopic (exact) mass is 547 g/mol. The van der Waals surface area contributed by atoms with Crippen molar-refractivity contribution < 1.29 is 13.2 Å². The molecule has 1 rings (SSSR count). The van der Waals surface area contributed by atoms with Crippen molar-refractivity contribution in [3.63, 3.8) is 0 Å². The van der Waals surface area contributed by atoms with Crippen molar-refractivity contribution in [2.75, 3.05) is 60.5 Å². The number of hydrogen-bond donors (Lipinski definition) is 3. The molecule has 11 heteroatoms. The van der Waals surface area contributed by atoms with Crippen molar-refractivity contribution in [3.8, 4) is 0 Å². The number of nitrogens with one attached hydrogen (secondary N) is 3. The minimum atomic E-state index is -3.58. The lowest BCUT2D eigenvalue weighted by atomic mass is 10.4. The Morgan fingerprint density at radius 3 is 2.57 bits per heavy atom. The molecule has 0 radical (unpaired) electrons. The summed E-state index contributed by atoms with van der Waals surface area (Å²) in [6.07, 6.45) is 0.993. The highest BCUT2D eigenvalue weighted by atomic mass is 127. The third kappa shape index (κ3) is 11.4. The number of hydrogen-bond acceptors (Lipinski definition) is 5. The van der Waals surface area contributed by atoms with Crippen molar-refractivity contribution in [1.82, 2.24) is 20.3 Å². The molecule has 0 saturated heterocycles. The van der Waals surface area contributed by atoms with Gasteiger partial charge >= 0.3 is 0 Å². The van der Waals surface area contributed by atoms with Crippen molar-refractivity contribution in [3.05, 3.63) is 29.3 Å². The molecule has 0 aliphatic rings. The molecule has 28 heavy (non-hydrogen) atoms. The standard InChI is InChI=1S/C17H30ClN5O3S.HI/c1-19-17(21-10-12-23(2)11-5-13-26-3)20-8-9-22-27(24,25)16-7-4-6-15(18)14-16;/h4,6-7,14,22H,5,8-13H2,1-3H3,(H2,19,20,21);1H. The Morgan fingerprint density at radius 1 is 1.21 bits per heavy atom. The Labute approximate surface area is 190 Å². The van der Waals surface area contributed by atoms with Crippen LogP contribution in [-0.4, -0.2) is 79.8 Å². The highest BCUT2D eigenvalue weighted by Gasteiger charge is 2.13. The number of ether oxygens (including phenoxy) is 1. The van der Waals surface area contributed by atoms with E-state index in [1.54, 1.807) is 26.3 Å². The van der Waals surface area contributed by atoms with Crippen molar-refractivity contribution in [2.45, 2.75) is 11.3 Å². The van der Waals surface area contributed by atoms with Gasteiger partial charge in [0, 0.05) is 58.5 Å². The largest absolute Gasteiger partial charge is 0.385 e. The van der Waals surface area contributed by atoms with E-state index in [2.05, 4.69) is 32.3 Å². The lowest BCUT2D eigenvalue weighted by molar-refractivity contribution is 0.180. The number of halogens is 2. The molecular formula is C17H31ClIN5O3S. The summed E-state index contributed by atoms with van der Waals surface area (Å²) in [5.74, 6) is 0.627. The molecule has 0 bridgehead atoms. The lowest BCUT2D eigenvalue weighted by Gasteiger charge is -2.18. The number of likely N-dealkylation sites (N-methyl/N-ethyl adjacent to an activating group) is 1. The number of guanidine groups is 1. The maximum absolute atomic E-state index is 12.2. The molecule has 8 nitrogen and oxygen atoms in total. The first-order chi connectivity index (χ1) is 12.9. The Morgan fingerprint density at radius 2 is 1.93 bits per heavy atom. The molecule has 0 aromatic heterocycles. The first-order valence-corrected chi connectivity index (χ1v) is 10.6. The SMILES string of the molecule is CN=C(NCCNS(=O)(=O)c1cccc(Cl)c1)NCCN(C)CCCOC.I. The molecule has 0 saturated carbocycles. The summed E-state index contributed by atoms with van der Waals surface area (Å²) in [4.78, 5) is 6.48. The van der Waals surface area contributed by atoms with Gasteiger partial charge in [0.1, 0.15) is 0 Å². The fraction of sp³-hybridized carbons (Fsp3) is 0.588. The van der Waals surface area contributed by atoms with Crippen molar-refractivity contribution in [2.24, 2.45) is 4.99 Å². The van der Waals surface area contributed by atoms with Gasteiger partial charge in [0.15, 0.2) is 5.96 Å². The summed E-state index contributed by atoms with van der Waals surface area (Å²) in [5, 5.41) is 6.66. The molecule has 0 unspecified atom stereocenters. The molecule has 162 valence electrons. The first kappa shape index (κ1) is 27.3. The summed E-state index contributed by atoms with van der Waals surface area (Å²) >= 11 is 5.84. The van der Waals surface area contributed by atoms with Gasteiger partial charge in [-0.15, -0.1) is 24.0 Å². The van der Waals surface area contributed by atoms with Gasteiger partial charge in [-0.2, -0.15) is 0 Å². The van der Waals surface area contributed by atoms with Crippen LogP contribution < -0.4 is 15.4 Å². The van der Waals surface area contributed by atoms with Gasteiger partial charge in [0.2, 0.25) is 10.0 Å². The average molecular weight is 548 g/mol. The van der Waals surface area contributed by atoms with Crippen LogP contribution in [0.4, 0.5) is 0 Å². The van der Waals surface area contributed by atoms with E-state index in [0.29, 0.717) is 17.5 Å². The predicted molar refractivity (Wildman–Crippen MR) is 125 cm³/mol. The van der Waals surface area contributed by atoms with Crippen LogP contribution in [-0.2, 0) is 14.8 Å². The number of aliphatic imine (C=N–C) groups is 1. The van der Waals surface area contributed by atoms with E-state index in [9.17, 15) is 8.42 Å². The molecular weight excluding hydrogens is 517 g/mol. The predicted octanol–water partition coefficient (Wildman–Crippen LogP) is 1.37. The van der Waals surface area contributed by atoms with E-state index in [-0.39, 0.29) is 35.4 Å². The van der Waals surface area contributed by atoms with Crippen LogP contribution in [0.5, 0.6) is 0 Å². The van der Waals surface area contributed by atoms with Gasteiger partial charge in [-0.05, 0) is 31.7 Å². The topological polar surface area (TPSA) is 95.1 Å². The van der Waals surface area contributed by atoms with Crippen molar-refractivity contribution in [1.29, 1.82) is 0 Å². The molecule has 0 spiro atoms. The summed E-state index contributed by atoms with van der Waals surface area (Å²) in [5.41, 5.74) is 0. The average Bonchev–Trinajstić information content (AvgIpc) is 2.64. The highest BCUT2D eigenvalue weighted by Crippen LogP contribution is 2.14. The molecule has 0 aliphatic heterocycles. The number of rotatable bonds is 12. The molecule has 0 aliphatic carbocycles. The molecule has 0 fully saturated rings. The van der Waals surface area contributed by atoms with Crippen molar-refractivity contribution >= 4 is 51.6 Å². The van der Waals surface area contributed by atoms with Gasteiger partial charge in [-0.25, -0.2) is 13.1 Å². The Hall–Kier alpha value is -0.660. The van der Waals surface area contributed by atoms with Gasteiger partial charge in [-0.3, -0.25) is 4.99 Å². The zero-order valence-electron chi connectivity index (χ0n) is 16.6. The van der Waals surface area contributed by atoms with E-state index >= 15 is 0 Å². The quantitative estimate of drug-likeness (QED) is 0.158. The third-order valence-electron chi connectivity index (χ3n) is 3.71. The lowest BCUT2D eigenvalue weighted by Crippen LogP contribution is -2.43. The third-order valence-corrected chi connectivity index (χ3v) is 5.41. The van der Waals surface area contributed by atoms with Gasteiger partial charge in [0.05, 0.1) is 4.90 Å². The normalized spacial score (nSPS) is 12.0. The second kappa shape index (κ2) is 15.2. The minimum Gasteiger partial charge on any atom is -0.385 e. The first-order valence-electron chi connectivity index (χ1n) is 8.76. The van der Waals surface area contributed by atoms with E-state index in [4.69, 9.17) is 16.3 Å². The van der Waals surface area contributed by atoms with Gasteiger partial charge in [-0.1, -0.05) is 17.7 Å². The summed E-state index contributed by atoms with van der Waals surface area (Å²) in [6.45, 7) is 3.96. The Kier molecular flexibility index (Phi) is 14.9. The highest BCUT2D eigenvalue weighted by molar-refractivity contribution is 14.0. The fourth-order valence-electron chi connectivity index (χ4n) is 2.26. The Balaban J connectivity index is 0.00000729. The second-order valence-electron chi connectivity index (χ2n) is 5.93. The van der Waals surface area contributed by atoms with Crippen LogP contribution in [0.3, 0.4) is 0 Å². The van der Waals surface area contributed by atoms with E-state index in [0.717, 1.165) is 32.7 Å². The number of sulfonamides is 1. The molecule has 0 amide bonds. The van der Waals surface area contributed by atoms with E-state index < -0.39 is 10.0 Å². The Bertz CT molecular complexity index is 691. The maximum atomic E-state index is 12.2. The fourth-order valence-corrected chi connectivity index (χ4v) is 3.59. The summed E-state index contributed by atoms with van der Waals surface area (Å²) in [7, 11) is 1.85. The van der Waals surface area contributed by atoms with Gasteiger partial charge < -0.3 is 20.3 Å². The van der Waals surface area contributed by atoms with Gasteiger partial charge in [0.25, 0.3) is 0 Å². The minimum absolute atomic E-state index is 0. The summed E-state index contributed by atoms with van der Waals surface area (Å²) in [6, 6.07) is 6.16. The smallest absolute Gasteiger partial charge is 0.240 e. The number of benzene rings is 1. The van der Waals surface area contributed by atoms with Crippen LogP contribution in [0.1, 0.15) is 6.42 Å². The maximum Gasteiger partial charge on any atom is 0.240 e. The summed E-state index contributed by atoms with van der Waals surface area (Å²) < 4.78 is 32.0. The molecule has 3 N–H and O–H groups in total. The van der Waals surface area contributed by atoms with Crippen LogP contribution >= 0.6 is 35.6 Å². The molecule has 1 aromatic rings. The molecule has 0 atom stereocenters. The number of nitrogens with zero attached hydrogens (tertiary/aromatic N) is 2. The molecule has 1 aromatic carbocycles. The van der Waals surface area contributed by atoms with Crippen LogP contribution in [0.25, 0.3) is 0 Å². The van der Waals surface area contributed by atoms with E-state index in [1.807, 2.05) is 0 Å².